The average Bonchev–Trinajstić information content (AvgIpc) is 3.06. The average molecular weight is 252 g/mol. The topological polar surface area (TPSA) is 60.2 Å². The van der Waals surface area contributed by atoms with Gasteiger partial charge in [0, 0.05) is 25.6 Å². The van der Waals surface area contributed by atoms with Crippen molar-refractivity contribution in [1.29, 1.82) is 0 Å². The molecular formula is C12H20N4O2. The van der Waals surface area contributed by atoms with E-state index in [0.29, 0.717) is 12.5 Å². The second-order valence-electron chi connectivity index (χ2n) is 4.66. The first-order valence-electron chi connectivity index (χ1n) is 6.43. The SMILES string of the molecule is CCN(C[C@@H]1CCOC1)C(=O)[C@H](C)n1cncn1. The Morgan fingerprint density at radius 3 is 3.06 bits per heavy atom. The van der Waals surface area contributed by atoms with Gasteiger partial charge in [-0.3, -0.25) is 4.79 Å². The van der Waals surface area contributed by atoms with Gasteiger partial charge in [-0.25, -0.2) is 9.67 Å². The highest BCUT2D eigenvalue weighted by atomic mass is 16.5. The Morgan fingerprint density at radius 1 is 1.67 bits per heavy atom. The molecule has 1 aromatic heterocycles. The van der Waals surface area contributed by atoms with Gasteiger partial charge in [-0.05, 0) is 20.3 Å². The summed E-state index contributed by atoms with van der Waals surface area (Å²) in [6, 6.07) is -0.297. The van der Waals surface area contributed by atoms with E-state index in [2.05, 4.69) is 10.1 Å². The van der Waals surface area contributed by atoms with Crippen LogP contribution < -0.4 is 0 Å². The zero-order valence-corrected chi connectivity index (χ0v) is 11.0. The molecule has 100 valence electrons. The number of ether oxygens (including phenoxy) is 1. The molecule has 2 atom stereocenters. The van der Waals surface area contributed by atoms with Gasteiger partial charge in [-0.15, -0.1) is 0 Å². The van der Waals surface area contributed by atoms with Crippen molar-refractivity contribution in [2.75, 3.05) is 26.3 Å². The van der Waals surface area contributed by atoms with Gasteiger partial charge >= 0.3 is 0 Å². The van der Waals surface area contributed by atoms with Crippen LogP contribution in [0.4, 0.5) is 0 Å². The number of hydrogen-bond donors (Lipinski definition) is 0. The van der Waals surface area contributed by atoms with Crippen LogP contribution in [0, 0.1) is 5.92 Å². The molecule has 1 amide bonds. The van der Waals surface area contributed by atoms with Gasteiger partial charge in [0.15, 0.2) is 0 Å². The van der Waals surface area contributed by atoms with E-state index in [1.54, 1.807) is 11.0 Å². The number of carbonyl (C=O) groups excluding carboxylic acids is 1. The maximum absolute atomic E-state index is 12.4. The highest BCUT2D eigenvalue weighted by molar-refractivity contribution is 5.79. The summed E-state index contributed by atoms with van der Waals surface area (Å²) in [5.41, 5.74) is 0. The van der Waals surface area contributed by atoms with Crippen molar-refractivity contribution in [2.45, 2.75) is 26.3 Å². The lowest BCUT2D eigenvalue weighted by Crippen LogP contribution is -2.39. The number of amides is 1. The van der Waals surface area contributed by atoms with Gasteiger partial charge in [0.2, 0.25) is 5.91 Å². The highest BCUT2D eigenvalue weighted by Crippen LogP contribution is 2.16. The van der Waals surface area contributed by atoms with Gasteiger partial charge < -0.3 is 9.64 Å². The molecule has 1 aliphatic rings. The zero-order valence-electron chi connectivity index (χ0n) is 11.0. The molecular weight excluding hydrogens is 232 g/mol. The van der Waals surface area contributed by atoms with Crippen molar-refractivity contribution >= 4 is 5.91 Å². The third-order valence-electron chi connectivity index (χ3n) is 3.39. The number of nitrogens with zero attached hydrogens (tertiary/aromatic N) is 4. The Hall–Kier alpha value is -1.43. The van der Waals surface area contributed by atoms with E-state index in [1.807, 2.05) is 18.7 Å². The Kier molecular flexibility index (Phi) is 4.30. The fourth-order valence-electron chi connectivity index (χ4n) is 2.21. The maximum Gasteiger partial charge on any atom is 0.247 e. The standard InChI is InChI=1S/C12H20N4O2/c1-3-15(6-11-4-5-18-7-11)12(17)10(2)16-9-13-8-14-16/h8-11H,3-7H2,1-2H3/t10-,11-/m0/s1. The summed E-state index contributed by atoms with van der Waals surface area (Å²) in [6.07, 6.45) is 4.07. The van der Waals surface area contributed by atoms with E-state index in [1.165, 1.54) is 6.33 Å². The number of aromatic nitrogens is 3. The summed E-state index contributed by atoms with van der Waals surface area (Å²) < 4.78 is 6.94. The van der Waals surface area contributed by atoms with Crippen LogP contribution >= 0.6 is 0 Å². The van der Waals surface area contributed by atoms with Gasteiger partial charge in [-0.1, -0.05) is 0 Å². The smallest absolute Gasteiger partial charge is 0.247 e. The molecule has 2 rings (SSSR count). The van der Waals surface area contributed by atoms with Crippen molar-refractivity contribution < 1.29 is 9.53 Å². The normalized spacial score (nSPS) is 20.9. The predicted molar refractivity (Wildman–Crippen MR) is 65.9 cm³/mol. The molecule has 6 nitrogen and oxygen atoms in total. The number of hydrogen-bond acceptors (Lipinski definition) is 4. The minimum atomic E-state index is -0.297. The molecule has 0 unspecified atom stereocenters. The van der Waals surface area contributed by atoms with Gasteiger partial charge in [0.1, 0.15) is 18.7 Å². The maximum atomic E-state index is 12.4. The second-order valence-corrected chi connectivity index (χ2v) is 4.66. The lowest BCUT2D eigenvalue weighted by atomic mass is 10.1. The van der Waals surface area contributed by atoms with Crippen LogP contribution in [0.25, 0.3) is 0 Å². The van der Waals surface area contributed by atoms with Gasteiger partial charge in [0.25, 0.3) is 0 Å². The third-order valence-corrected chi connectivity index (χ3v) is 3.39. The Morgan fingerprint density at radius 2 is 2.50 bits per heavy atom. The van der Waals surface area contributed by atoms with Crippen LogP contribution in [0.1, 0.15) is 26.3 Å². The first kappa shape index (κ1) is 13.0. The lowest BCUT2D eigenvalue weighted by Gasteiger charge is -2.26. The summed E-state index contributed by atoms with van der Waals surface area (Å²) in [4.78, 5) is 18.1. The zero-order chi connectivity index (χ0) is 13.0. The molecule has 1 aliphatic heterocycles. The lowest BCUT2D eigenvalue weighted by molar-refractivity contribution is -0.135. The minimum absolute atomic E-state index is 0.0925. The van der Waals surface area contributed by atoms with E-state index < -0.39 is 0 Å². The minimum Gasteiger partial charge on any atom is -0.381 e. The number of likely N-dealkylation sites (N-methyl/N-ethyl adjacent to an activating group) is 1. The molecule has 6 heteroatoms. The van der Waals surface area contributed by atoms with E-state index in [9.17, 15) is 4.79 Å². The predicted octanol–water partition coefficient (Wildman–Crippen LogP) is 0.724. The first-order chi connectivity index (χ1) is 8.72. The molecule has 1 fully saturated rings. The van der Waals surface area contributed by atoms with Crippen LogP contribution in [0.2, 0.25) is 0 Å². The second kappa shape index (κ2) is 5.95. The number of rotatable bonds is 5. The van der Waals surface area contributed by atoms with E-state index >= 15 is 0 Å². The van der Waals surface area contributed by atoms with E-state index in [0.717, 1.165) is 26.2 Å². The number of carbonyl (C=O) groups is 1. The molecule has 2 heterocycles. The van der Waals surface area contributed by atoms with Crippen LogP contribution in [-0.4, -0.2) is 51.9 Å². The Labute approximate surface area is 107 Å². The summed E-state index contributed by atoms with van der Waals surface area (Å²) in [7, 11) is 0. The van der Waals surface area contributed by atoms with Crippen LogP contribution in [0.15, 0.2) is 12.7 Å². The van der Waals surface area contributed by atoms with Gasteiger partial charge in [0.05, 0.1) is 6.61 Å². The van der Waals surface area contributed by atoms with Crippen LogP contribution in [-0.2, 0) is 9.53 Å². The highest BCUT2D eigenvalue weighted by Gasteiger charge is 2.25. The van der Waals surface area contributed by atoms with Crippen molar-refractivity contribution in [3.63, 3.8) is 0 Å². The molecule has 0 saturated carbocycles. The van der Waals surface area contributed by atoms with Crippen LogP contribution in [0.3, 0.4) is 0 Å². The molecule has 0 radical (unpaired) electrons. The first-order valence-corrected chi connectivity index (χ1v) is 6.43. The quantitative estimate of drug-likeness (QED) is 0.775. The Balaban J connectivity index is 1.96. The van der Waals surface area contributed by atoms with E-state index in [4.69, 9.17) is 4.74 Å². The van der Waals surface area contributed by atoms with Crippen LogP contribution in [0.5, 0.6) is 0 Å². The van der Waals surface area contributed by atoms with E-state index in [-0.39, 0.29) is 11.9 Å². The third kappa shape index (κ3) is 2.87. The fraction of sp³-hybridized carbons (Fsp3) is 0.750. The van der Waals surface area contributed by atoms with Crippen molar-refractivity contribution in [2.24, 2.45) is 5.92 Å². The molecule has 0 bridgehead atoms. The summed E-state index contributed by atoms with van der Waals surface area (Å²) in [5, 5.41) is 4.02. The fourth-order valence-corrected chi connectivity index (χ4v) is 2.21. The summed E-state index contributed by atoms with van der Waals surface area (Å²) in [5.74, 6) is 0.562. The monoisotopic (exact) mass is 252 g/mol. The molecule has 0 spiro atoms. The summed E-state index contributed by atoms with van der Waals surface area (Å²) >= 11 is 0. The van der Waals surface area contributed by atoms with Gasteiger partial charge in [-0.2, -0.15) is 5.10 Å². The largest absolute Gasteiger partial charge is 0.381 e. The van der Waals surface area contributed by atoms with Crippen molar-refractivity contribution in [1.82, 2.24) is 19.7 Å². The molecule has 0 N–H and O–H groups in total. The Bertz CT molecular complexity index is 373. The van der Waals surface area contributed by atoms with Crippen molar-refractivity contribution in [3.05, 3.63) is 12.7 Å². The summed E-state index contributed by atoms with van der Waals surface area (Å²) in [6.45, 7) is 6.92. The molecule has 0 aliphatic carbocycles. The molecule has 18 heavy (non-hydrogen) atoms. The molecule has 0 aromatic carbocycles. The molecule has 1 saturated heterocycles. The van der Waals surface area contributed by atoms with Crippen molar-refractivity contribution in [3.8, 4) is 0 Å². The molecule has 1 aromatic rings.